The summed E-state index contributed by atoms with van der Waals surface area (Å²) in [5.41, 5.74) is 0.167. The van der Waals surface area contributed by atoms with Crippen LogP contribution in [-0.2, 0) is 19.6 Å². The van der Waals surface area contributed by atoms with E-state index in [4.69, 9.17) is 14.7 Å². The van der Waals surface area contributed by atoms with Gasteiger partial charge in [-0.25, -0.2) is 8.42 Å². The minimum atomic E-state index is -3.73. The van der Waals surface area contributed by atoms with Gasteiger partial charge in [-0.3, -0.25) is 4.79 Å². The van der Waals surface area contributed by atoms with E-state index < -0.39 is 16.1 Å². The predicted molar refractivity (Wildman–Crippen MR) is 92.0 cm³/mol. The number of ether oxygens (including phenoxy) is 2. The highest BCUT2D eigenvalue weighted by Gasteiger charge is 2.34. The maximum absolute atomic E-state index is 12.8. The van der Waals surface area contributed by atoms with Gasteiger partial charge in [-0.1, -0.05) is 0 Å². The third-order valence-electron chi connectivity index (χ3n) is 4.68. The Morgan fingerprint density at radius 1 is 1.31 bits per heavy atom. The van der Waals surface area contributed by atoms with E-state index in [2.05, 4.69) is 0 Å². The average Bonchev–Trinajstić information content (AvgIpc) is 3.21. The van der Waals surface area contributed by atoms with E-state index in [1.54, 1.807) is 4.90 Å². The summed E-state index contributed by atoms with van der Waals surface area (Å²) in [5.74, 6) is 0.272. The SMILES string of the molecule is COc1ccc(S(=O)(=O)N2CCN(C(=O)C3CCCO3)CC2)cc1C#N. The number of methoxy groups -OCH3 is 1. The van der Waals surface area contributed by atoms with Crippen molar-refractivity contribution in [3.8, 4) is 11.8 Å². The van der Waals surface area contributed by atoms with Crippen LogP contribution in [0.1, 0.15) is 18.4 Å². The van der Waals surface area contributed by atoms with E-state index in [1.165, 1.54) is 29.6 Å². The fourth-order valence-corrected chi connectivity index (χ4v) is 4.66. The molecule has 1 unspecified atom stereocenters. The van der Waals surface area contributed by atoms with Crippen LogP contribution in [0.5, 0.6) is 5.75 Å². The Balaban J connectivity index is 1.70. The third kappa shape index (κ3) is 3.53. The van der Waals surface area contributed by atoms with Crippen LogP contribution in [0.2, 0.25) is 0 Å². The quantitative estimate of drug-likeness (QED) is 0.759. The molecule has 2 aliphatic rings. The molecular weight excluding hydrogens is 358 g/mol. The molecule has 26 heavy (non-hydrogen) atoms. The summed E-state index contributed by atoms with van der Waals surface area (Å²) in [6.07, 6.45) is 1.21. The normalized spacial score (nSPS) is 21.4. The van der Waals surface area contributed by atoms with Crippen LogP contribution in [0.4, 0.5) is 0 Å². The highest BCUT2D eigenvalue weighted by Crippen LogP contribution is 2.25. The van der Waals surface area contributed by atoms with Crippen LogP contribution in [0.25, 0.3) is 0 Å². The van der Waals surface area contributed by atoms with Crippen molar-refractivity contribution in [1.82, 2.24) is 9.21 Å². The monoisotopic (exact) mass is 379 g/mol. The first kappa shape index (κ1) is 18.6. The van der Waals surface area contributed by atoms with Gasteiger partial charge in [0.1, 0.15) is 17.9 Å². The van der Waals surface area contributed by atoms with Crippen LogP contribution in [0.3, 0.4) is 0 Å². The third-order valence-corrected chi connectivity index (χ3v) is 6.58. The lowest BCUT2D eigenvalue weighted by Crippen LogP contribution is -2.52. The zero-order chi connectivity index (χ0) is 18.7. The molecule has 1 atom stereocenters. The Morgan fingerprint density at radius 3 is 2.62 bits per heavy atom. The topological polar surface area (TPSA) is 99.9 Å². The number of amides is 1. The Kier molecular flexibility index (Phi) is 5.46. The first-order chi connectivity index (χ1) is 12.5. The zero-order valence-electron chi connectivity index (χ0n) is 14.6. The molecule has 0 aliphatic carbocycles. The van der Waals surface area contributed by atoms with Crippen molar-refractivity contribution in [2.75, 3.05) is 39.9 Å². The summed E-state index contributed by atoms with van der Waals surface area (Å²) < 4.78 is 37.5. The minimum Gasteiger partial charge on any atom is -0.495 e. The standard InChI is InChI=1S/C17H21N3O5S/c1-24-15-5-4-14(11-13(15)12-18)26(22,23)20-8-6-19(7-9-20)17(21)16-3-2-10-25-16/h4-5,11,16H,2-3,6-10H2,1H3. The van der Waals surface area contributed by atoms with Gasteiger partial charge in [0.05, 0.1) is 17.6 Å². The van der Waals surface area contributed by atoms with Gasteiger partial charge in [0.2, 0.25) is 10.0 Å². The Hall–Kier alpha value is -2.15. The van der Waals surface area contributed by atoms with E-state index in [9.17, 15) is 13.2 Å². The molecule has 9 heteroatoms. The molecule has 1 aromatic carbocycles. The lowest BCUT2D eigenvalue weighted by Gasteiger charge is -2.35. The van der Waals surface area contributed by atoms with Gasteiger partial charge < -0.3 is 14.4 Å². The molecule has 2 heterocycles. The molecule has 0 aromatic heterocycles. The number of carbonyl (C=O) groups excluding carboxylic acids is 1. The van der Waals surface area contributed by atoms with Crippen LogP contribution in [0, 0.1) is 11.3 Å². The fraction of sp³-hybridized carbons (Fsp3) is 0.529. The summed E-state index contributed by atoms with van der Waals surface area (Å²) in [6.45, 7) is 1.70. The summed E-state index contributed by atoms with van der Waals surface area (Å²) >= 11 is 0. The van der Waals surface area contributed by atoms with Gasteiger partial charge in [0.15, 0.2) is 0 Å². The fourth-order valence-electron chi connectivity index (χ4n) is 3.21. The summed E-state index contributed by atoms with van der Waals surface area (Å²) in [6, 6.07) is 6.16. The van der Waals surface area contributed by atoms with Crippen LogP contribution >= 0.6 is 0 Å². The van der Waals surface area contributed by atoms with Crippen molar-refractivity contribution in [2.45, 2.75) is 23.8 Å². The van der Waals surface area contributed by atoms with Crippen LogP contribution in [-0.4, -0.2) is 69.5 Å². The largest absolute Gasteiger partial charge is 0.495 e. The molecule has 0 spiro atoms. The van der Waals surface area contributed by atoms with Crippen LogP contribution < -0.4 is 4.74 Å². The van der Waals surface area contributed by atoms with Crippen molar-refractivity contribution < 1.29 is 22.7 Å². The first-order valence-electron chi connectivity index (χ1n) is 8.46. The second-order valence-electron chi connectivity index (χ2n) is 6.20. The highest BCUT2D eigenvalue weighted by molar-refractivity contribution is 7.89. The number of nitriles is 1. The Morgan fingerprint density at radius 2 is 2.04 bits per heavy atom. The Labute approximate surface area is 152 Å². The number of benzene rings is 1. The maximum atomic E-state index is 12.8. The molecule has 1 aromatic rings. The number of carbonyl (C=O) groups is 1. The van der Waals surface area contributed by atoms with Crippen molar-refractivity contribution in [2.24, 2.45) is 0 Å². The first-order valence-corrected chi connectivity index (χ1v) is 9.90. The predicted octanol–water partition coefficient (Wildman–Crippen LogP) is 0.579. The number of hydrogen-bond acceptors (Lipinski definition) is 6. The number of hydrogen-bond donors (Lipinski definition) is 0. The summed E-state index contributed by atoms with van der Waals surface area (Å²) in [4.78, 5) is 14.1. The molecule has 0 N–H and O–H groups in total. The molecule has 1 amide bonds. The van der Waals surface area contributed by atoms with E-state index in [0.29, 0.717) is 25.4 Å². The van der Waals surface area contributed by atoms with Gasteiger partial charge in [0.25, 0.3) is 5.91 Å². The van der Waals surface area contributed by atoms with Gasteiger partial charge >= 0.3 is 0 Å². The molecule has 140 valence electrons. The van der Waals surface area contributed by atoms with Gasteiger partial charge in [-0.2, -0.15) is 9.57 Å². The highest BCUT2D eigenvalue weighted by atomic mass is 32.2. The van der Waals surface area contributed by atoms with Crippen molar-refractivity contribution in [3.05, 3.63) is 23.8 Å². The molecule has 8 nitrogen and oxygen atoms in total. The van der Waals surface area contributed by atoms with Gasteiger partial charge in [0, 0.05) is 32.8 Å². The molecule has 2 fully saturated rings. The van der Waals surface area contributed by atoms with Crippen molar-refractivity contribution >= 4 is 15.9 Å². The van der Waals surface area contributed by atoms with Crippen molar-refractivity contribution in [1.29, 1.82) is 5.26 Å². The number of nitrogens with zero attached hydrogens (tertiary/aromatic N) is 3. The second kappa shape index (κ2) is 7.61. The lowest BCUT2D eigenvalue weighted by molar-refractivity contribution is -0.142. The summed E-state index contributed by atoms with van der Waals surface area (Å²) in [5, 5.41) is 9.16. The zero-order valence-corrected chi connectivity index (χ0v) is 15.4. The van der Waals surface area contributed by atoms with E-state index in [-0.39, 0.29) is 29.5 Å². The minimum absolute atomic E-state index is 0.0498. The smallest absolute Gasteiger partial charge is 0.251 e. The lowest BCUT2D eigenvalue weighted by atomic mass is 10.2. The summed E-state index contributed by atoms with van der Waals surface area (Å²) in [7, 11) is -2.31. The second-order valence-corrected chi connectivity index (χ2v) is 8.14. The van der Waals surface area contributed by atoms with E-state index in [0.717, 1.165) is 12.8 Å². The Bertz CT molecular complexity index is 819. The average molecular weight is 379 g/mol. The van der Waals surface area contributed by atoms with Crippen molar-refractivity contribution in [3.63, 3.8) is 0 Å². The maximum Gasteiger partial charge on any atom is 0.251 e. The molecule has 0 radical (unpaired) electrons. The van der Waals surface area contributed by atoms with E-state index >= 15 is 0 Å². The van der Waals surface area contributed by atoms with E-state index in [1.807, 2.05) is 6.07 Å². The number of piperazine rings is 1. The molecule has 0 bridgehead atoms. The molecule has 3 rings (SSSR count). The number of sulfonamides is 1. The van der Waals surface area contributed by atoms with Crippen LogP contribution in [0.15, 0.2) is 23.1 Å². The molecular formula is C17H21N3O5S. The molecule has 0 saturated carbocycles. The molecule has 2 saturated heterocycles. The van der Waals surface area contributed by atoms with Gasteiger partial charge in [-0.05, 0) is 31.0 Å². The molecule has 2 aliphatic heterocycles. The van der Waals surface area contributed by atoms with Gasteiger partial charge in [-0.15, -0.1) is 0 Å². The number of rotatable bonds is 4.